The van der Waals surface area contributed by atoms with Crippen LogP contribution in [0.15, 0.2) is 0 Å². The smallest absolute Gasteiger partial charge is 0.326 e. The molecule has 1 rings (SSSR count). The second-order valence-corrected chi connectivity index (χ2v) is 4.41. The summed E-state index contributed by atoms with van der Waals surface area (Å²) in [4.78, 5) is 24.1. The first-order valence-electron chi connectivity index (χ1n) is 5.96. The number of aliphatic hydroxyl groups excluding tert-OH is 1. The van der Waals surface area contributed by atoms with E-state index in [1.807, 2.05) is 6.92 Å². The number of β-amino-alcohol motifs (C(OH)–C–C–N with tert-alkyl or cyclic N) is 1. The van der Waals surface area contributed by atoms with Gasteiger partial charge in [0.25, 0.3) is 0 Å². The van der Waals surface area contributed by atoms with Crippen molar-refractivity contribution in [2.45, 2.75) is 38.0 Å². The molecule has 0 aliphatic carbocycles. The summed E-state index contributed by atoms with van der Waals surface area (Å²) in [5, 5.41) is 21.1. The number of urea groups is 1. The maximum Gasteiger partial charge on any atom is 0.326 e. The maximum atomic E-state index is 11.9. The van der Waals surface area contributed by atoms with Crippen LogP contribution in [-0.2, 0) is 9.53 Å². The van der Waals surface area contributed by atoms with Crippen LogP contribution in [0.1, 0.15) is 19.8 Å². The molecule has 7 heteroatoms. The van der Waals surface area contributed by atoms with E-state index in [0.717, 1.165) is 4.90 Å². The van der Waals surface area contributed by atoms with Crippen LogP contribution in [0.4, 0.5) is 4.79 Å². The molecule has 0 aromatic rings. The fourth-order valence-electron chi connectivity index (χ4n) is 1.99. The number of amides is 2. The van der Waals surface area contributed by atoms with Crippen molar-refractivity contribution >= 4 is 12.0 Å². The predicted molar refractivity (Wildman–Crippen MR) is 63.2 cm³/mol. The lowest BCUT2D eigenvalue weighted by Crippen LogP contribution is -2.50. The number of nitrogens with one attached hydrogen (secondary N) is 1. The molecule has 0 aromatic carbocycles. The van der Waals surface area contributed by atoms with E-state index in [2.05, 4.69) is 5.32 Å². The third kappa shape index (κ3) is 3.58. The first kappa shape index (κ1) is 14.7. The number of carboxylic acids is 1. The number of methoxy groups -OCH3 is 1. The zero-order valence-corrected chi connectivity index (χ0v) is 10.6. The van der Waals surface area contributed by atoms with Gasteiger partial charge >= 0.3 is 12.0 Å². The van der Waals surface area contributed by atoms with Gasteiger partial charge in [-0.3, -0.25) is 0 Å². The standard InChI is InChI=1S/C11H20N2O5/c1-3-7(6-18-2)12-11(17)13-5-8(14)4-9(13)10(15)16/h7-9,14H,3-6H2,1-2H3,(H,12,17)(H,15,16)/t7?,8-,9-/m1/s1. The van der Waals surface area contributed by atoms with Gasteiger partial charge in [0.05, 0.1) is 18.8 Å². The van der Waals surface area contributed by atoms with Crippen molar-refractivity contribution in [3.8, 4) is 0 Å². The van der Waals surface area contributed by atoms with Crippen molar-refractivity contribution < 1.29 is 24.5 Å². The first-order valence-corrected chi connectivity index (χ1v) is 5.96. The molecule has 1 unspecified atom stereocenters. The molecule has 2 amide bonds. The molecule has 0 bridgehead atoms. The Morgan fingerprint density at radius 2 is 2.22 bits per heavy atom. The van der Waals surface area contributed by atoms with Gasteiger partial charge in [0.2, 0.25) is 0 Å². The molecule has 3 N–H and O–H groups in total. The number of ether oxygens (including phenoxy) is 1. The van der Waals surface area contributed by atoms with Crippen LogP contribution in [-0.4, -0.2) is 65.6 Å². The summed E-state index contributed by atoms with van der Waals surface area (Å²) in [6.07, 6.45) is -0.0169. The Bertz CT molecular complexity index is 310. The average Bonchev–Trinajstić information content (AvgIpc) is 2.71. The predicted octanol–water partition coefficient (Wildman–Crippen LogP) is -0.359. The monoisotopic (exact) mass is 260 g/mol. The highest BCUT2D eigenvalue weighted by Gasteiger charge is 2.39. The van der Waals surface area contributed by atoms with Crippen LogP contribution in [0.5, 0.6) is 0 Å². The summed E-state index contributed by atoms with van der Waals surface area (Å²) in [6, 6.07) is -1.59. The molecule has 1 aliphatic rings. The van der Waals surface area contributed by atoms with Crippen molar-refractivity contribution in [3.05, 3.63) is 0 Å². The van der Waals surface area contributed by atoms with E-state index in [9.17, 15) is 14.7 Å². The Balaban J connectivity index is 2.61. The molecule has 3 atom stereocenters. The summed E-state index contributed by atoms with van der Waals surface area (Å²) in [6.45, 7) is 2.32. The van der Waals surface area contributed by atoms with Crippen LogP contribution in [0.2, 0.25) is 0 Å². The van der Waals surface area contributed by atoms with Gasteiger partial charge in [-0.25, -0.2) is 9.59 Å². The fraction of sp³-hybridized carbons (Fsp3) is 0.818. The zero-order chi connectivity index (χ0) is 13.7. The Morgan fingerprint density at radius 1 is 1.56 bits per heavy atom. The topological polar surface area (TPSA) is 99.1 Å². The molecule has 7 nitrogen and oxygen atoms in total. The summed E-state index contributed by atoms with van der Waals surface area (Å²) in [5.41, 5.74) is 0. The fourth-order valence-corrected chi connectivity index (χ4v) is 1.99. The number of aliphatic hydroxyl groups is 1. The van der Waals surface area contributed by atoms with Crippen molar-refractivity contribution in [2.75, 3.05) is 20.3 Å². The first-order chi connectivity index (χ1) is 8.49. The Kier molecular flexibility index (Phi) is 5.36. The highest BCUT2D eigenvalue weighted by atomic mass is 16.5. The average molecular weight is 260 g/mol. The number of hydrogen-bond donors (Lipinski definition) is 3. The summed E-state index contributed by atoms with van der Waals surface area (Å²) in [5.74, 6) is -1.10. The van der Waals surface area contributed by atoms with Crippen molar-refractivity contribution in [1.29, 1.82) is 0 Å². The number of aliphatic carboxylic acids is 1. The second-order valence-electron chi connectivity index (χ2n) is 4.41. The van der Waals surface area contributed by atoms with E-state index in [0.29, 0.717) is 13.0 Å². The molecule has 0 spiro atoms. The van der Waals surface area contributed by atoms with Gasteiger partial charge in [0.1, 0.15) is 6.04 Å². The third-order valence-electron chi connectivity index (χ3n) is 3.01. The Hall–Kier alpha value is -1.34. The van der Waals surface area contributed by atoms with Crippen molar-refractivity contribution in [2.24, 2.45) is 0 Å². The SMILES string of the molecule is CCC(COC)NC(=O)N1C[C@H](O)C[C@@H]1C(=O)O. The third-order valence-corrected chi connectivity index (χ3v) is 3.01. The van der Waals surface area contributed by atoms with Gasteiger partial charge in [-0.1, -0.05) is 6.92 Å². The normalized spacial score (nSPS) is 24.9. The Morgan fingerprint density at radius 3 is 2.72 bits per heavy atom. The van der Waals surface area contributed by atoms with E-state index in [-0.39, 0.29) is 19.0 Å². The van der Waals surface area contributed by atoms with Crippen molar-refractivity contribution in [1.82, 2.24) is 10.2 Å². The quantitative estimate of drug-likeness (QED) is 0.627. The number of rotatable bonds is 5. The molecule has 1 heterocycles. The van der Waals surface area contributed by atoms with Crippen LogP contribution < -0.4 is 5.32 Å². The lowest BCUT2D eigenvalue weighted by atomic mass is 10.2. The Labute approximate surface area is 106 Å². The minimum absolute atomic E-state index is 0.0478. The zero-order valence-electron chi connectivity index (χ0n) is 10.6. The van der Waals surface area contributed by atoms with Crippen LogP contribution in [0.3, 0.4) is 0 Å². The lowest BCUT2D eigenvalue weighted by Gasteiger charge is -2.25. The van der Waals surface area contributed by atoms with Crippen LogP contribution >= 0.6 is 0 Å². The molecule has 1 aliphatic heterocycles. The van der Waals surface area contributed by atoms with E-state index in [4.69, 9.17) is 9.84 Å². The molecular weight excluding hydrogens is 240 g/mol. The number of carbonyl (C=O) groups is 2. The van der Waals surface area contributed by atoms with Gasteiger partial charge in [-0.05, 0) is 6.42 Å². The summed E-state index contributed by atoms with van der Waals surface area (Å²) < 4.78 is 4.95. The maximum absolute atomic E-state index is 11.9. The van der Waals surface area contributed by atoms with Crippen molar-refractivity contribution in [3.63, 3.8) is 0 Å². The van der Waals surface area contributed by atoms with E-state index >= 15 is 0 Å². The molecule has 0 saturated carbocycles. The largest absolute Gasteiger partial charge is 0.480 e. The summed E-state index contributed by atoms with van der Waals surface area (Å²) >= 11 is 0. The van der Waals surface area contributed by atoms with Crippen LogP contribution in [0, 0.1) is 0 Å². The number of hydrogen-bond acceptors (Lipinski definition) is 4. The van der Waals surface area contributed by atoms with Gasteiger partial charge in [0, 0.05) is 20.1 Å². The summed E-state index contributed by atoms with van der Waals surface area (Å²) in [7, 11) is 1.54. The number of likely N-dealkylation sites (tertiary alicyclic amines) is 1. The van der Waals surface area contributed by atoms with Gasteiger partial charge < -0.3 is 25.2 Å². The lowest BCUT2D eigenvalue weighted by molar-refractivity contribution is -0.141. The highest BCUT2D eigenvalue weighted by molar-refractivity contribution is 5.83. The molecule has 0 radical (unpaired) electrons. The molecule has 0 aromatic heterocycles. The van der Waals surface area contributed by atoms with Gasteiger partial charge in [-0.15, -0.1) is 0 Å². The molecular formula is C11H20N2O5. The molecule has 104 valence electrons. The molecule has 1 saturated heterocycles. The van der Waals surface area contributed by atoms with Gasteiger partial charge in [0.15, 0.2) is 0 Å². The number of carbonyl (C=O) groups excluding carboxylic acids is 1. The minimum Gasteiger partial charge on any atom is -0.480 e. The molecule has 1 fully saturated rings. The number of nitrogens with zero attached hydrogens (tertiary/aromatic N) is 1. The highest BCUT2D eigenvalue weighted by Crippen LogP contribution is 2.18. The van der Waals surface area contributed by atoms with Crippen LogP contribution in [0.25, 0.3) is 0 Å². The van der Waals surface area contributed by atoms with E-state index < -0.39 is 24.1 Å². The van der Waals surface area contributed by atoms with E-state index in [1.165, 1.54) is 7.11 Å². The van der Waals surface area contributed by atoms with E-state index in [1.54, 1.807) is 0 Å². The number of carboxylic acid groups (broad SMARTS) is 1. The molecule has 18 heavy (non-hydrogen) atoms. The second kappa shape index (κ2) is 6.55. The minimum atomic E-state index is -1.10. The van der Waals surface area contributed by atoms with Gasteiger partial charge in [-0.2, -0.15) is 0 Å².